The largest absolute Gasteiger partial charge is 0.431 e. The SMILES string of the molecule is C[Si](C)C1([Si](C)C)C=CC(=C(N([Si](C)(C)C)[Si](C)(C)C)[Si](C)(C)C)C=C1. The van der Waals surface area contributed by atoms with Crippen LogP contribution in [-0.2, 0) is 0 Å². The first-order valence-electron chi connectivity index (χ1n) is 9.99. The summed E-state index contributed by atoms with van der Waals surface area (Å²) in [4.78, 5) is 0. The van der Waals surface area contributed by atoms with E-state index in [1.54, 1.807) is 5.32 Å². The van der Waals surface area contributed by atoms with Crippen molar-refractivity contribution in [2.24, 2.45) is 0 Å². The predicted octanol–water partition coefficient (Wildman–Crippen LogP) is 7.00. The third-order valence-electron chi connectivity index (χ3n) is 5.26. The summed E-state index contributed by atoms with van der Waals surface area (Å²) in [5, 5.41) is 1.72. The molecule has 1 aliphatic carbocycles. The summed E-state index contributed by atoms with van der Waals surface area (Å²) >= 11 is 0. The molecule has 0 N–H and O–H groups in total. The number of nitrogens with zero attached hydrogens (tertiary/aromatic N) is 1. The van der Waals surface area contributed by atoms with Crippen molar-refractivity contribution in [2.75, 3.05) is 0 Å². The second-order valence-electron chi connectivity index (χ2n) is 11.3. The molecule has 0 heterocycles. The third-order valence-corrected chi connectivity index (χ3v) is 21.8. The van der Waals surface area contributed by atoms with E-state index >= 15 is 0 Å². The maximum Gasteiger partial charge on any atom is 0.137 e. The van der Waals surface area contributed by atoms with Crippen molar-refractivity contribution in [1.82, 2.24) is 4.23 Å². The topological polar surface area (TPSA) is 3.24 Å². The summed E-state index contributed by atoms with van der Waals surface area (Å²) in [5.74, 6) is 0. The average molecular weight is 438 g/mol. The van der Waals surface area contributed by atoms with E-state index in [-0.39, 0.29) is 17.6 Å². The lowest BCUT2D eigenvalue weighted by Gasteiger charge is -2.51. The highest BCUT2D eigenvalue weighted by molar-refractivity contribution is 6.94. The van der Waals surface area contributed by atoms with Crippen LogP contribution in [0.15, 0.2) is 35.2 Å². The van der Waals surface area contributed by atoms with Gasteiger partial charge in [0.15, 0.2) is 0 Å². The minimum absolute atomic E-state index is 0.389. The Morgan fingerprint density at radius 3 is 1.31 bits per heavy atom. The Labute approximate surface area is 171 Å². The van der Waals surface area contributed by atoms with Gasteiger partial charge in [-0.15, -0.1) is 0 Å². The highest BCUT2D eigenvalue weighted by atomic mass is 28.4. The van der Waals surface area contributed by atoms with Gasteiger partial charge in [0.2, 0.25) is 0 Å². The van der Waals surface area contributed by atoms with Crippen LogP contribution in [0.4, 0.5) is 0 Å². The average Bonchev–Trinajstić information content (AvgIpc) is 2.40. The van der Waals surface area contributed by atoms with E-state index in [4.69, 9.17) is 0 Å². The maximum absolute atomic E-state index is 2.98. The number of hydrogen-bond acceptors (Lipinski definition) is 1. The van der Waals surface area contributed by atoms with Gasteiger partial charge in [-0.2, -0.15) is 0 Å². The molecule has 0 aromatic carbocycles. The first-order valence-corrected chi connectivity index (χ1v) is 25.4. The summed E-state index contributed by atoms with van der Waals surface area (Å²) in [6.07, 6.45) is 10.3. The summed E-state index contributed by atoms with van der Waals surface area (Å²) < 4.78 is 3.38. The van der Waals surface area contributed by atoms with Gasteiger partial charge in [0, 0.05) is 0 Å². The van der Waals surface area contributed by atoms with Gasteiger partial charge >= 0.3 is 0 Å². The summed E-state index contributed by atoms with van der Waals surface area (Å²) in [7, 11) is -5.13. The van der Waals surface area contributed by atoms with Crippen LogP contribution in [0, 0.1) is 0 Å². The lowest BCUT2D eigenvalue weighted by molar-refractivity contribution is 0.789. The van der Waals surface area contributed by atoms with Crippen LogP contribution < -0.4 is 0 Å². The van der Waals surface area contributed by atoms with Crippen molar-refractivity contribution in [1.29, 1.82) is 0 Å². The molecule has 0 saturated heterocycles. The van der Waals surface area contributed by atoms with Gasteiger partial charge in [0.25, 0.3) is 0 Å². The molecule has 0 amide bonds. The fraction of sp³-hybridized carbons (Fsp3) is 0.700. The van der Waals surface area contributed by atoms with Crippen LogP contribution in [-0.4, -0.2) is 46.4 Å². The monoisotopic (exact) mass is 437 g/mol. The Morgan fingerprint density at radius 1 is 0.731 bits per heavy atom. The highest BCUT2D eigenvalue weighted by Crippen LogP contribution is 2.42. The fourth-order valence-corrected chi connectivity index (χ4v) is 25.5. The minimum Gasteiger partial charge on any atom is -0.431 e. The zero-order valence-corrected chi connectivity index (χ0v) is 24.8. The van der Waals surface area contributed by atoms with Crippen molar-refractivity contribution >= 4 is 42.1 Å². The van der Waals surface area contributed by atoms with Crippen LogP contribution in [0.2, 0.25) is 89.8 Å². The van der Waals surface area contributed by atoms with Gasteiger partial charge in [0.05, 0.1) is 25.7 Å². The highest BCUT2D eigenvalue weighted by Gasteiger charge is 2.42. The predicted molar refractivity (Wildman–Crippen MR) is 135 cm³/mol. The van der Waals surface area contributed by atoms with Gasteiger partial charge in [0.1, 0.15) is 16.5 Å². The van der Waals surface area contributed by atoms with Crippen molar-refractivity contribution in [3.8, 4) is 0 Å². The molecular weight excluding hydrogens is 395 g/mol. The van der Waals surface area contributed by atoms with Gasteiger partial charge in [-0.25, -0.2) is 0 Å². The van der Waals surface area contributed by atoms with Crippen LogP contribution in [0.25, 0.3) is 0 Å². The van der Waals surface area contributed by atoms with Gasteiger partial charge in [-0.1, -0.05) is 109 Å². The molecule has 1 nitrogen and oxygen atoms in total. The molecule has 0 atom stereocenters. The van der Waals surface area contributed by atoms with Gasteiger partial charge in [-0.05, 0) is 15.6 Å². The number of hydrogen-bond donors (Lipinski definition) is 0. The van der Waals surface area contributed by atoms with E-state index in [1.807, 2.05) is 0 Å². The molecule has 148 valence electrons. The second kappa shape index (κ2) is 7.85. The normalized spacial score (nSPS) is 18.0. The van der Waals surface area contributed by atoms with E-state index in [1.165, 1.54) is 5.57 Å². The molecule has 0 unspecified atom stereocenters. The first kappa shape index (κ1) is 24.1. The van der Waals surface area contributed by atoms with Crippen LogP contribution >= 0.6 is 0 Å². The number of rotatable bonds is 6. The Morgan fingerprint density at radius 2 is 1.08 bits per heavy atom. The molecule has 2 radical (unpaired) electrons. The molecule has 0 aliphatic heterocycles. The van der Waals surface area contributed by atoms with Crippen molar-refractivity contribution < 1.29 is 0 Å². The van der Waals surface area contributed by atoms with Crippen molar-refractivity contribution in [3.63, 3.8) is 0 Å². The summed E-state index contributed by atoms with van der Waals surface area (Å²) in [6, 6.07) is 0. The molecule has 26 heavy (non-hydrogen) atoms. The van der Waals surface area contributed by atoms with Crippen LogP contribution in [0.3, 0.4) is 0 Å². The third kappa shape index (κ3) is 5.13. The molecule has 0 saturated carbocycles. The molecule has 0 spiro atoms. The van der Waals surface area contributed by atoms with Gasteiger partial charge in [-0.3, -0.25) is 0 Å². The molecular formula is C20H43NSi5. The minimum atomic E-state index is -1.47. The summed E-state index contributed by atoms with van der Waals surface area (Å²) in [5.41, 5.74) is 1.52. The Hall–Kier alpha value is 0.104. The molecule has 0 fully saturated rings. The zero-order valence-electron chi connectivity index (χ0n) is 19.8. The zero-order chi connectivity index (χ0) is 20.7. The van der Waals surface area contributed by atoms with Crippen molar-refractivity contribution in [2.45, 2.75) is 89.8 Å². The van der Waals surface area contributed by atoms with Crippen LogP contribution in [0.5, 0.6) is 0 Å². The fourth-order valence-electron chi connectivity index (χ4n) is 4.45. The lowest BCUT2D eigenvalue weighted by atomic mass is 10.1. The maximum atomic E-state index is 2.98. The molecule has 6 heteroatoms. The standard InChI is InChI=1S/C20H43NSi5/c1-22(2)20(23(3)4)16-14-18(15-17-20)19(24(5,6)7)21(25(8,9)10)26(11,12)13/h14-17H,1-13H3. The lowest BCUT2D eigenvalue weighted by Crippen LogP contribution is -2.62. The van der Waals surface area contributed by atoms with Crippen molar-refractivity contribution in [3.05, 3.63) is 35.2 Å². The molecule has 1 aliphatic rings. The second-order valence-corrected chi connectivity index (χ2v) is 32.4. The van der Waals surface area contributed by atoms with Crippen LogP contribution in [0.1, 0.15) is 0 Å². The molecule has 1 rings (SSSR count). The Bertz CT molecular complexity index is 555. The molecule has 0 bridgehead atoms. The molecule has 0 aromatic rings. The quantitative estimate of drug-likeness (QED) is 0.404. The Balaban J connectivity index is 3.66. The first-order chi connectivity index (χ1) is 11.4. The smallest absolute Gasteiger partial charge is 0.137 e. The van der Waals surface area contributed by atoms with E-state index in [9.17, 15) is 0 Å². The number of allylic oxidation sites excluding steroid dienone is 5. The van der Waals surface area contributed by atoms with E-state index in [0.717, 1.165) is 0 Å². The molecule has 0 aromatic heterocycles. The Kier molecular flexibility index (Phi) is 7.29. The summed E-state index contributed by atoms with van der Waals surface area (Å²) in [6.45, 7) is 32.8. The van der Waals surface area contributed by atoms with Gasteiger partial charge < -0.3 is 4.23 Å². The van der Waals surface area contributed by atoms with E-state index in [2.05, 4.69) is 114 Å². The van der Waals surface area contributed by atoms with E-state index in [0.29, 0.717) is 4.66 Å². The van der Waals surface area contributed by atoms with E-state index < -0.39 is 24.5 Å².